The van der Waals surface area contributed by atoms with E-state index in [-0.39, 0.29) is 0 Å². The van der Waals surface area contributed by atoms with Crippen LogP contribution in [-0.4, -0.2) is 9.97 Å². The third kappa shape index (κ3) is 4.29. The lowest BCUT2D eigenvalue weighted by Crippen LogP contribution is -2.21. The summed E-state index contributed by atoms with van der Waals surface area (Å²) in [5.41, 5.74) is 3.17. The summed E-state index contributed by atoms with van der Waals surface area (Å²) in [4.78, 5) is 8.64. The Bertz CT molecular complexity index is 522. The van der Waals surface area contributed by atoms with Crippen LogP contribution in [0.25, 0.3) is 0 Å². The molecule has 1 unspecified atom stereocenters. The highest BCUT2D eigenvalue weighted by atomic mass is 35.5. The smallest absolute Gasteiger partial charge is 0.0724 e. The van der Waals surface area contributed by atoms with Crippen molar-refractivity contribution in [3.8, 4) is 0 Å². The largest absolute Gasteiger partial charge is 0.304 e. The third-order valence-corrected chi connectivity index (χ3v) is 3.47. The van der Waals surface area contributed by atoms with Crippen molar-refractivity contribution in [2.24, 2.45) is 0 Å². The summed E-state index contributed by atoms with van der Waals surface area (Å²) in [5, 5.41) is 4.32. The highest BCUT2D eigenvalue weighted by Crippen LogP contribution is 2.21. The van der Waals surface area contributed by atoms with Crippen LogP contribution in [-0.2, 0) is 6.54 Å². The number of aromatic nitrogens is 2. The van der Waals surface area contributed by atoms with E-state index in [4.69, 9.17) is 11.6 Å². The van der Waals surface area contributed by atoms with Gasteiger partial charge in [0, 0.05) is 30.0 Å². The fourth-order valence-electron chi connectivity index (χ4n) is 2.11. The van der Waals surface area contributed by atoms with Gasteiger partial charge in [0.05, 0.1) is 11.4 Å². The molecule has 0 bridgehead atoms. The minimum atomic E-state index is 0.320. The van der Waals surface area contributed by atoms with Crippen LogP contribution in [0, 0.1) is 6.92 Å². The van der Waals surface area contributed by atoms with E-state index >= 15 is 0 Å². The van der Waals surface area contributed by atoms with Gasteiger partial charge in [-0.05, 0) is 31.0 Å². The molecule has 0 spiro atoms. The van der Waals surface area contributed by atoms with Crippen LogP contribution in [0.15, 0.2) is 36.7 Å². The standard InChI is InChI=1S/C16H20ClN3/c1-3-4-16(13-5-7-14(17)8-6-13)20-11-15-10-18-12(2)9-19-15/h5-10,16,20H,3-4,11H2,1-2H3. The number of rotatable bonds is 6. The van der Waals surface area contributed by atoms with Gasteiger partial charge in [-0.2, -0.15) is 0 Å². The van der Waals surface area contributed by atoms with E-state index in [1.54, 1.807) is 6.20 Å². The summed E-state index contributed by atoms with van der Waals surface area (Å²) in [6.07, 6.45) is 5.84. The molecule has 1 aromatic carbocycles. The summed E-state index contributed by atoms with van der Waals surface area (Å²) >= 11 is 5.94. The first-order valence-electron chi connectivity index (χ1n) is 6.95. The van der Waals surface area contributed by atoms with E-state index in [1.165, 1.54) is 5.56 Å². The Labute approximate surface area is 125 Å². The van der Waals surface area contributed by atoms with Crippen LogP contribution < -0.4 is 5.32 Å². The normalized spacial score (nSPS) is 12.3. The van der Waals surface area contributed by atoms with Crippen molar-refractivity contribution >= 4 is 11.6 Å². The lowest BCUT2D eigenvalue weighted by Gasteiger charge is -2.18. The van der Waals surface area contributed by atoms with Gasteiger partial charge in [-0.25, -0.2) is 0 Å². The molecule has 0 aliphatic rings. The fraction of sp³-hybridized carbons (Fsp3) is 0.375. The summed E-state index contributed by atoms with van der Waals surface area (Å²) < 4.78 is 0. The molecule has 0 aliphatic heterocycles. The molecule has 4 heteroatoms. The molecular weight excluding hydrogens is 270 g/mol. The van der Waals surface area contributed by atoms with Gasteiger partial charge in [0.1, 0.15) is 0 Å². The minimum absolute atomic E-state index is 0.320. The average Bonchev–Trinajstić information content (AvgIpc) is 2.46. The zero-order valence-corrected chi connectivity index (χ0v) is 12.7. The van der Waals surface area contributed by atoms with E-state index < -0.39 is 0 Å². The number of benzene rings is 1. The molecule has 0 saturated carbocycles. The SMILES string of the molecule is CCCC(NCc1cnc(C)cn1)c1ccc(Cl)cc1. The van der Waals surface area contributed by atoms with Gasteiger partial charge >= 0.3 is 0 Å². The van der Waals surface area contributed by atoms with E-state index in [0.717, 1.165) is 35.8 Å². The maximum Gasteiger partial charge on any atom is 0.0724 e. The Balaban J connectivity index is 2.02. The van der Waals surface area contributed by atoms with Gasteiger partial charge in [-0.1, -0.05) is 37.1 Å². The zero-order valence-electron chi connectivity index (χ0n) is 11.9. The Morgan fingerprint density at radius 2 is 1.90 bits per heavy atom. The number of hydrogen-bond acceptors (Lipinski definition) is 3. The molecule has 1 N–H and O–H groups in total. The molecule has 2 aromatic rings. The first-order chi connectivity index (χ1) is 9.69. The molecule has 1 aromatic heterocycles. The maximum atomic E-state index is 5.94. The van der Waals surface area contributed by atoms with Crippen LogP contribution in [0.3, 0.4) is 0 Å². The predicted molar refractivity (Wildman–Crippen MR) is 82.7 cm³/mol. The minimum Gasteiger partial charge on any atom is -0.304 e. The van der Waals surface area contributed by atoms with Gasteiger partial charge in [0.15, 0.2) is 0 Å². The van der Waals surface area contributed by atoms with E-state index in [2.05, 4.69) is 34.3 Å². The molecule has 106 valence electrons. The number of hydrogen-bond donors (Lipinski definition) is 1. The molecule has 1 atom stereocenters. The molecule has 0 fully saturated rings. The highest BCUT2D eigenvalue weighted by Gasteiger charge is 2.10. The first-order valence-corrected chi connectivity index (χ1v) is 7.33. The molecule has 0 aliphatic carbocycles. The van der Waals surface area contributed by atoms with Crippen molar-refractivity contribution in [2.45, 2.75) is 39.3 Å². The molecule has 0 amide bonds. The molecule has 0 radical (unpaired) electrons. The van der Waals surface area contributed by atoms with Crippen LogP contribution in [0.2, 0.25) is 5.02 Å². The topological polar surface area (TPSA) is 37.8 Å². The Kier molecular flexibility index (Phi) is 5.50. The van der Waals surface area contributed by atoms with Crippen LogP contribution >= 0.6 is 11.6 Å². The molecule has 20 heavy (non-hydrogen) atoms. The number of aryl methyl sites for hydroxylation is 1. The Hall–Kier alpha value is -1.45. The number of nitrogens with one attached hydrogen (secondary N) is 1. The van der Waals surface area contributed by atoms with Crippen molar-refractivity contribution in [3.63, 3.8) is 0 Å². The second kappa shape index (κ2) is 7.36. The Morgan fingerprint density at radius 1 is 1.15 bits per heavy atom. The van der Waals surface area contributed by atoms with Crippen LogP contribution in [0.4, 0.5) is 0 Å². The lowest BCUT2D eigenvalue weighted by atomic mass is 10.0. The van der Waals surface area contributed by atoms with Gasteiger partial charge in [0.2, 0.25) is 0 Å². The number of halogens is 1. The van der Waals surface area contributed by atoms with Crippen LogP contribution in [0.5, 0.6) is 0 Å². The molecule has 1 heterocycles. The molecule has 3 nitrogen and oxygen atoms in total. The van der Waals surface area contributed by atoms with Crippen molar-refractivity contribution in [2.75, 3.05) is 0 Å². The van der Waals surface area contributed by atoms with Gasteiger partial charge < -0.3 is 5.32 Å². The van der Waals surface area contributed by atoms with Crippen molar-refractivity contribution < 1.29 is 0 Å². The molecular formula is C16H20ClN3. The van der Waals surface area contributed by atoms with Crippen LogP contribution in [0.1, 0.15) is 42.8 Å². The second-order valence-electron chi connectivity index (χ2n) is 4.92. The fourth-order valence-corrected chi connectivity index (χ4v) is 2.23. The first kappa shape index (κ1) is 14.9. The van der Waals surface area contributed by atoms with Gasteiger partial charge in [-0.3, -0.25) is 9.97 Å². The van der Waals surface area contributed by atoms with Crippen molar-refractivity contribution in [1.29, 1.82) is 0 Å². The molecule has 2 rings (SSSR count). The monoisotopic (exact) mass is 289 g/mol. The summed E-state index contributed by atoms with van der Waals surface area (Å²) in [6.45, 7) is 4.86. The van der Waals surface area contributed by atoms with E-state index in [9.17, 15) is 0 Å². The highest BCUT2D eigenvalue weighted by molar-refractivity contribution is 6.30. The predicted octanol–water partition coefficient (Wildman–Crippen LogP) is 4.07. The van der Waals surface area contributed by atoms with E-state index in [1.807, 2.05) is 25.3 Å². The van der Waals surface area contributed by atoms with Crippen molar-refractivity contribution in [1.82, 2.24) is 15.3 Å². The average molecular weight is 290 g/mol. The Morgan fingerprint density at radius 3 is 2.50 bits per heavy atom. The van der Waals surface area contributed by atoms with Crippen molar-refractivity contribution in [3.05, 3.63) is 58.6 Å². The van der Waals surface area contributed by atoms with Gasteiger partial charge in [0.25, 0.3) is 0 Å². The molecule has 0 saturated heterocycles. The summed E-state index contributed by atoms with van der Waals surface area (Å²) in [7, 11) is 0. The van der Waals surface area contributed by atoms with E-state index in [0.29, 0.717) is 6.04 Å². The summed E-state index contributed by atoms with van der Waals surface area (Å²) in [5.74, 6) is 0. The summed E-state index contributed by atoms with van der Waals surface area (Å²) in [6, 6.07) is 8.35. The number of nitrogens with zero attached hydrogens (tertiary/aromatic N) is 2. The van der Waals surface area contributed by atoms with Gasteiger partial charge in [-0.15, -0.1) is 0 Å². The second-order valence-corrected chi connectivity index (χ2v) is 5.36. The zero-order chi connectivity index (χ0) is 14.4. The quantitative estimate of drug-likeness (QED) is 0.871. The maximum absolute atomic E-state index is 5.94. The third-order valence-electron chi connectivity index (χ3n) is 3.21. The lowest BCUT2D eigenvalue weighted by molar-refractivity contribution is 0.489.